The molecule has 4 heteroatoms. The van der Waals surface area contributed by atoms with Crippen molar-refractivity contribution < 1.29 is 4.79 Å². The van der Waals surface area contributed by atoms with E-state index < -0.39 is 0 Å². The van der Waals surface area contributed by atoms with Gasteiger partial charge >= 0.3 is 0 Å². The Bertz CT molecular complexity index is 613. The first-order valence-electron chi connectivity index (χ1n) is 6.93. The van der Waals surface area contributed by atoms with Gasteiger partial charge in [-0.25, -0.2) is 0 Å². The van der Waals surface area contributed by atoms with E-state index in [4.69, 9.17) is 5.73 Å². The molecule has 0 bridgehead atoms. The summed E-state index contributed by atoms with van der Waals surface area (Å²) in [6.45, 7) is 2.01. The molecule has 0 aliphatic rings. The number of amides is 1. The highest BCUT2D eigenvalue weighted by atomic mass is 79.9. The Hall–Kier alpha value is -1.65. The van der Waals surface area contributed by atoms with E-state index >= 15 is 0 Å². The van der Waals surface area contributed by atoms with Gasteiger partial charge in [-0.1, -0.05) is 36.4 Å². The van der Waals surface area contributed by atoms with Crippen molar-refractivity contribution in [2.45, 2.75) is 25.8 Å². The quantitative estimate of drug-likeness (QED) is 0.853. The average molecular weight is 347 g/mol. The molecule has 2 rings (SSSR count). The van der Waals surface area contributed by atoms with Gasteiger partial charge in [0.2, 0.25) is 5.91 Å². The van der Waals surface area contributed by atoms with E-state index in [1.807, 2.05) is 55.5 Å². The molecule has 0 aromatic heterocycles. The van der Waals surface area contributed by atoms with Crippen molar-refractivity contribution in [1.29, 1.82) is 0 Å². The lowest BCUT2D eigenvalue weighted by atomic mass is 10.0. The molecule has 0 aliphatic heterocycles. The number of benzene rings is 2. The van der Waals surface area contributed by atoms with Gasteiger partial charge in [0.1, 0.15) is 0 Å². The molecule has 1 amide bonds. The molecule has 2 aromatic rings. The molecule has 0 spiro atoms. The van der Waals surface area contributed by atoms with Crippen LogP contribution in [0.3, 0.4) is 0 Å². The summed E-state index contributed by atoms with van der Waals surface area (Å²) in [6, 6.07) is 15.6. The fraction of sp³-hybridized carbons (Fsp3) is 0.235. The minimum Gasteiger partial charge on any atom is -0.325 e. The number of nitrogens with two attached hydrogens (primary N) is 1. The highest BCUT2D eigenvalue weighted by Crippen LogP contribution is 2.24. The van der Waals surface area contributed by atoms with Crippen LogP contribution in [0.5, 0.6) is 0 Å². The lowest BCUT2D eigenvalue weighted by molar-refractivity contribution is -0.116. The molecule has 0 aliphatic carbocycles. The lowest BCUT2D eigenvalue weighted by Crippen LogP contribution is -2.16. The first-order valence-corrected chi connectivity index (χ1v) is 7.72. The van der Waals surface area contributed by atoms with Gasteiger partial charge in [-0.15, -0.1) is 0 Å². The molecule has 21 heavy (non-hydrogen) atoms. The number of halogens is 1. The first kappa shape index (κ1) is 15.7. The number of carbonyl (C=O) groups is 1. The molecule has 0 fully saturated rings. The van der Waals surface area contributed by atoms with Gasteiger partial charge in [0.25, 0.3) is 0 Å². The molecule has 110 valence electrons. The van der Waals surface area contributed by atoms with Crippen molar-refractivity contribution in [2.75, 3.05) is 5.32 Å². The van der Waals surface area contributed by atoms with Crippen LogP contribution < -0.4 is 11.1 Å². The Morgan fingerprint density at radius 2 is 1.95 bits per heavy atom. The Balaban J connectivity index is 1.87. The fourth-order valence-electron chi connectivity index (χ4n) is 2.09. The highest BCUT2D eigenvalue weighted by molar-refractivity contribution is 9.10. The molecule has 3 N–H and O–H groups in total. The molecule has 1 unspecified atom stereocenters. The van der Waals surface area contributed by atoms with Crippen LogP contribution in [0, 0.1) is 6.92 Å². The highest BCUT2D eigenvalue weighted by Gasteiger charge is 2.10. The van der Waals surface area contributed by atoms with Crippen LogP contribution in [-0.4, -0.2) is 5.91 Å². The van der Waals surface area contributed by atoms with Gasteiger partial charge in [-0.05, 0) is 52.5 Å². The third-order valence-electron chi connectivity index (χ3n) is 3.31. The minimum atomic E-state index is -0.113. The van der Waals surface area contributed by atoms with Gasteiger partial charge in [0.15, 0.2) is 0 Å². The Labute approximate surface area is 133 Å². The summed E-state index contributed by atoms with van der Waals surface area (Å²) in [5, 5.41) is 2.90. The predicted molar refractivity (Wildman–Crippen MR) is 90.1 cm³/mol. The van der Waals surface area contributed by atoms with E-state index in [-0.39, 0.29) is 11.9 Å². The zero-order valence-corrected chi connectivity index (χ0v) is 13.6. The molecule has 0 heterocycles. The molecular weight excluding hydrogens is 328 g/mol. The van der Waals surface area contributed by atoms with Crippen LogP contribution in [0.2, 0.25) is 0 Å². The van der Waals surface area contributed by atoms with Crippen molar-refractivity contribution in [1.82, 2.24) is 0 Å². The van der Waals surface area contributed by atoms with E-state index in [9.17, 15) is 4.79 Å². The summed E-state index contributed by atoms with van der Waals surface area (Å²) in [6.07, 6.45) is 1.02. The summed E-state index contributed by atoms with van der Waals surface area (Å²) >= 11 is 3.45. The summed E-state index contributed by atoms with van der Waals surface area (Å²) < 4.78 is 0.892. The minimum absolute atomic E-state index is 0.0223. The Morgan fingerprint density at radius 3 is 2.62 bits per heavy atom. The third-order valence-corrected chi connectivity index (χ3v) is 3.96. The second kappa shape index (κ2) is 7.38. The van der Waals surface area contributed by atoms with Crippen LogP contribution in [-0.2, 0) is 4.79 Å². The number of rotatable bonds is 5. The van der Waals surface area contributed by atoms with E-state index in [1.165, 1.54) is 0 Å². The topological polar surface area (TPSA) is 55.1 Å². The van der Waals surface area contributed by atoms with Crippen LogP contribution in [0.4, 0.5) is 5.69 Å². The van der Waals surface area contributed by atoms with Crippen molar-refractivity contribution in [3.8, 4) is 0 Å². The van der Waals surface area contributed by atoms with Gasteiger partial charge in [0.05, 0.1) is 5.69 Å². The van der Waals surface area contributed by atoms with E-state index in [0.29, 0.717) is 12.8 Å². The smallest absolute Gasteiger partial charge is 0.224 e. The van der Waals surface area contributed by atoms with Crippen LogP contribution in [0.15, 0.2) is 53.0 Å². The number of anilines is 1. The monoisotopic (exact) mass is 346 g/mol. The molecular formula is C17H19BrN2O. The number of hydrogen-bond donors (Lipinski definition) is 2. The van der Waals surface area contributed by atoms with Gasteiger partial charge in [-0.2, -0.15) is 0 Å². The van der Waals surface area contributed by atoms with Crippen molar-refractivity contribution >= 4 is 27.5 Å². The normalized spacial score (nSPS) is 12.0. The maximum Gasteiger partial charge on any atom is 0.224 e. The summed E-state index contributed by atoms with van der Waals surface area (Å²) in [5.41, 5.74) is 9.09. The van der Waals surface area contributed by atoms with Crippen LogP contribution >= 0.6 is 15.9 Å². The Morgan fingerprint density at radius 1 is 1.24 bits per heavy atom. The van der Waals surface area contributed by atoms with E-state index in [1.54, 1.807) is 0 Å². The van der Waals surface area contributed by atoms with Crippen LogP contribution in [0.1, 0.15) is 30.0 Å². The number of carbonyl (C=O) groups excluding carboxylic acids is 1. The second-order valence-electron chi connectivity index (χ2n) is 5.09. The molecule has 3 nitrogen and oxygen atoms in total. The molecule has 0 radical (unpaired) electrons. The molecule has 0 saturated heterocycles. The molecule has 1 atom stereocenters. The van der Waals surface area contributed by atoms with Gasteiger partial charge in [0, 0.05) is 16.9 Å². The predicted octanol–water partition coefficient (Wildman–Crippen LogP) is 4.18. The summed E-state index contributed by atoms with van der Waals surface area (Å²) in [5.74, 6) is -0.0223. The maximum absolute atomic E-state index is 12.0. The fourth-order valence-corrected chi connectivity index (χ4v) is 2.68. The SMILES string of the molecule is Cc1ccc(NC(=O)CCC(N)c2ccccc2)c(Br)c1. The first-order chi connectivity index (χ1) is 10.1. The van der Waals surface area contributed by atoms with Crippen molar-refractivity contribution in [3.05, 3.63) is 64.1 Å². The zero-order valence-electron chi connectivity index (χ0n) is 12.0. The third kappa shape index (κ3) is 4.69. The standard InChI is InChI=1S/C17H19BrN2O/c1-12-7-9-16(14(18)11-12)20-17(21)10-8-15(19)13-5-3-2-4-6-13/h2-7,9,11,15H,8,10,19H2,1H3,(H,20,21). The summed E-state index contributed by atoms with van der Waals surface area (Å²) in [7, 11) is 0. The number of aryl methyl sites for hydroxylation is 1. The maximum atomic E-state index is 12.0. The van der Waals surface area contributed by atoms with E-state index in [0.717, 1.165) is 21.3 Å². The summed E-state index contributed by atoms with van der Waals surface area (Å²) in [4.78, 5) is 12.0. The van der Waals surface area contributed by atoms with Crippen molar-refractivity contribution in [3.63, 3.8) is 0 Å². The van der Waals surface area contributed by atoms with Gasteiger partial charge < -0.3 is 11.1 Å². The van der Waals surface area contributed by atoms with Gasteiger partial charge in [-0.3, -0.25) is 4.79 Å². The average Bonchev–Trinajstić information content (AvgIpc) is 2.48. The second-order valence-corrected chi connectivity index (χ2v) is 5.94. The number of nitrogens with one attached hydrogen (secondary N) is 1. The largest absolute Gasteiger partial charge is 0.325 e. The Kier molecular flexibility index (Phi) is 5.53. The lowest BCUT2D eigenvalue weighted by Gasteiger charge is -2.12. The zero-order chi connectivity index (χ0) is 15.2. The molecule has 0 saturated carbocycles. The van der Waals surface area contributed by atoms with Crippen molar-refractivity contribution in [2.24, 2.45) is 5.73 Å². The number of hydrogen-bond acceptors (Lipinski definition) is 2. The molecule has 2 aromatic carbocycles. The van der Waals surface area contributed by atoms with E-state index in [2.05, 4.69) is 21.2 Å². The van der Waals surface area contributed by atoms with Crippen LogP contribution in [0.25, 0.3) is 0 Å².